The van der Waals surface area contributed by atoms with Crippen LogP contribution in [0.5, 0.6) is 0 Å². The second-order valence-corrected chi connectivity index (χ2v) is 19.7. The van der Waals surface area contributed by atoms with Crippen molar-refractivity contribution in [3.63, 3.8) is 0 Å². The van der Waals surface area contributed by atoms with Crippen LogP contribution in [-0.2, 0) is 4.79 Å². The summed E-state index contributed by atoms with van der Waals surface area (Å²) < 4.78 is 0. The molecule has 0 aromatic heterocycles. The number of carbonyl (C=O) groups excluding carboxylic acids is 1. The molecule has 2 atom stereocenters. The molecule has 0 fully saturated rings. The van der Waals surface area contributed by atoms with Crippen LogP contribution in [0.3, 0.4) is 0 Å². The third kappa shape index (κ3) is 49.9. The van der Waals surface area contributed by atoms with E-state index in [0.29, 0.717) is 6.42 Å². The number of hydrogen-bond acceptors (Lipinski definition) is 3. The number of aliphatic hydroxyl groups is 2. The fourth-order valence-corrected chi connectivity index (χ4v) is 9.08. The molecule has 0 aliphatic heterocycles. The van der Waals surface area contributed by atoms with Gasteiger partial charge in [-0.2, -0.15) is 0 Å². The topological polar surface area (TPSA) is 69.6 Å². The number of amides is 1. The average molecular weight is 873 g/mol. The number of rotatable bonds is 53. The largest absolute Gasteiger partial charge is 0.394 e. The molecule has 0 saturated carbocycles. The first-order valence-corrected chi connectivity index (χ1v) is 28.6. The molecular formula is C58H113NO3. The first-order chi connectivity index (χ1) is 30.7. The zero-order valence-corrected chi connectivity index (χ0v) is 42.4. The minimum atomic E-state index is -0.859. The molecule has 0 aliphatic carbocycles. The number of nitrogens with one attached hydrogen (secondary N) is 1. The molecule has 0 heterocycles. The number of aliphatic hydroxyl groups excluding tert-OH is 2. The van der Waals surface area contributed by atoms with Crippen molar-refractivity contribution in [1.29, 1.82) is 0 Å². The second kappa shape index (κ2) is 54.2. The maximum atomic E-state index is 12.4. The summed E-state index contributed by atoms with van der Waals surface area (Å²) in [6.07, 6.45) is 72.2. The zero-order chi connectivity index (χ0) is 44.9. The Kier molecular flexibility index (Phi) is 53.2. The predicted octanol–water partition coefficient (Wildman–Crippen LogP) is 18.7. The van der Waals surface area contributed by atoms with Crippen molar-refractivity contribution in [3.8, 4) is 0 Å². The zero-order valence-electron chi connectivity index (χ0n) is 42.4. The van der Waals surface area contributed by atoms with Crippen molar-refractivity contribution in [2.45, 2.75) is 334 Å². The first-order valence-electron chi connectivity index (χ1n) is 28.6. The van der Waals surface area contributed by atoms with E-state index in [1.165, 1.54) is 270 Å². The van der Waals surface area contributed by atoms with E-state index >= 15 is 0 Å². The van der Waals surface area contributed by atoms with E-state index in [2.05, 4.69) is 31.3 Å². The predicted molar refractivity (Wildman–Crippen MR) is 276 cm³/mol. The minimum Gasteiger partial charge on any atom is -0.394 e. The van der Waals surface area contributed by atoms with E-state index < -0.39 is 12.1 Å². The number of hydrogen-bond donors (Lipinski definition) is 3. The third-order valence-corrected chi connectivity index (χ3v) is 13.4. The molecule has 2 unspecified atom stereocenters. The van der Waals surface area contributed by atoms with Crippen molar-refractivity contribution in [3.05, 3.63) is 24.3 Å². The fraction of sp³-hybridized carbons (Fsp3) is 0.914. The van der Waals surface area contributed by atoms with Gasteiger partial charge in [-0.1, -0.05) is 308 Å². The molecule has 0 bridgehead atoms. The van der Waals surface area contributed by atoms with Gasteiger partial charge in [0.25, 0.3) is 0 Å². The monoisotopic (exact) mass is 872 g/mol. The van der Waals surface area contributed by atoms with E-state index in [0.717, 1.165) is 32.1 Å². The quantitative estimate of drug-likeness (QED) is 0.0421. The van der Waals surface area contributed by atoms with Crippen LogP contribution in [0.25, 0.3) is 0 Å². The summed E-state index contributed by atoms with van der Waals surface area (Å²) in [6.45, 7) is 4.33. The van der Waals surface area contributed by atoms with Crippen LogP contribution in [0.4, 0.5) is 0 Å². The molecule has 0 aromatic rings. The molecule has 4 heteroatoms. The van der Waals surface area contributed by atoms with Gasteiger partial charge in [0.15, 0.2) is 0 Å². The van der Waals surface area contributed by atoms with Gasteiger partial charge in [-0.25, -0.2) is 0 Å². The molecule has 4 nitrogen and oxygen atoms in total. The first kappa shape index (κ1) is 60.9. The molecule has 3 N–H and O–H groups in total. The van der Waals surface area contributed by atoms with Crippen LogP contribution >= 0.6 is 0 Å². The standard InChI is InChI=1S/C58H113NO3/c1-3-5-7-9-11-13-15-17-19-21-22-23-24-25-26-27-28-29-30-31-32-33-34-35-36-37-38-40-42-44-46-48-50-52-54-58(62)59-56(55-60)57(61)53-51-49-47-45-43-41-39-20-18-16-14-12-10-8-6-4-2/h43,45,51,53,56-57,60-61H,3-42,44,46-50,52,54-55H2,1-2H3,(H,59,62)/b45-43+,53-51+. The number of unbranched alkanes of at least 4 members (excludes halogenated alkanes) is 44. The van der Waals surface area contributed by atoms with Gasteiger partial charge in [0.1, 0.15) is 0 Å². The molecular weight excluding hydrogens is 759 g/mol. The number of allylic oxidation sites excluding steroid dienone is 3. The molecule has 0 aliphatic rings. The van der Waals surface area contributed by atoms with Crippen LogP contribution in [-0.4, -0.2) is 34.9 Å². The summed E-state index contributed by atoms with van der Waals surface area (Å²) in [5.41, 5.74) is 0. The molecule has 62 heavy (non-hydrogen) atoms. The van der Waals surface area contributed by atoms with E-state index in [4.69, 9.17) is 0 Å². The van der Waals surface area contributed by atoms with E-state index in [-0.39, 0.29) is 12.5 Å². The van der Waals surface area contributed by atoms with E-state index in [9.17, 15) is 15.0 Å². The Labute approximate surface area is 389 Å². The molecule has 0 aromatic carbocycles. The van der Waals surface area contributed by atoms with Crippen molar-refractivity contribution in [2.24, 2.45) is 0 Å². The Morgan fingerprint density at radius 2 is 0.629 bits per heavy atom. The maximum Gasteiger partial charge on any atom is 0.220 e. The smallest absolute Gasteiger partial charge is 0.220 e. The van der Waals surface area contributed by atoms with Gasteiger partial charge in [-0.3, -0.25) is 4.79 Å². The van der Waals surface area contributed by atoms with Crippen LogP contribution in [0, 0.1) is 0 Å². The highest BCUT2D eigenvalue weighted by Gasteiger charge is 2.18. The van der Waals surface area contributed by atoms with Crippen molar-refractivity contribution >= 4 is 5.91 Å². The average Bonchev–Trinajstić information content (AvgIpc) is 3.28. The Morgan fingerprint density at radius 1 is 0.371 bits per heavy atom. The summed E-state index contributed by atoms with van der Waals surface area (Å²) in [6, 6.07) is -0.635. The van der Waals surface area contributed by atoms with Gasteiger partial charge in [0.2, 0.25) is 5.91 Å². The summed E-state index contributed by atoms with van der Waals surface area (Å²) in [5.74, 6) is -0.0673. The maximum absolute atomic E-state index is 12.4. The molecule has 0 saturated heterocycles. The normalized spacial score (nSPS) is 12.9. The molecule has 0 radical (unpaired) electrons. The highest BCUT2D eigenvalue weighted by atomic mass is 16.3. The summed E-state index contributed by atoms with van der Waals surface area (Å²) in [5, 5.41) is 23.1. The lowest BCUT2D eigenvalue weighted by molar-refractivity contribution is -0.123. The summed E-state index contributed by atoms with van der Waals surface area (Å²) in [7, 11) is 0. The van der Waals surface area contributed by atoms with Crippen molar-refractivity contribution in [1.82, 2.24) is 5.32 Å². The Morgan fingerprint density at radius 3 is 0.935 bits per heavy atom. The second-order valence-electron chi connectivity index (χ2n) is 19.7. The van der Waals surface area contributed by atoms with E-state index in [1.807, 2.05) is 6.08 Å². The van der Waals surface area contributed by atoms with Gasteiger partial charge in [-0.05, 0) is 32.1 Å². The lowest BCUT2D eigenvalue weighted by Crippen LogP contribution is -2.45. The Bertz CT molecular complexity index is 901. The SMILES string of the molecule is CCCCCCCCCCCC/C=C/CC/C=C/C(O)C(CO)NC(=O)CCCCCCCCCCCCCCCCCCCCCCCCCCCCCCCCCCCC. The van der Waals surface area contributed by atoms with Gasteiger partial charge in [0, 0.05) is 6.42 Å². The van der Waals surface area contributed by atoms with Crippen LogP contribution in [0.2, 0.25) is 0 Å². The van der Waals surface area contributed by atoms with Crippen molar-refractivity contribution in [2.75, 3.05) is 6.61 Å². The van der Waals surface area contributed by atoms with Gasteiger partial charge >= 0.3 is 0 Å². The van der Waals surface area contributed by atoms with E-state index in [1.54, 1.807) is 6.08 Å². The number of carbonyl (C=O) groups is 1. The lowest BCUT2D eigenvalue weighted by atomic mass is 10.0. The highest BCUT2D eigenvalue weighted by molar-refractivity contribution is 5.76. The van der Waals surface area contributed by atoms with Gasteiger partial charge in [-0.15, -0.1) is 0 Å². The molecule has 1 amide bonds. The van der Waals surface area contributed by atoms with Crippen molar-refractivity contribution < 1.29 is 15.0 Å². The van der Waals surface area contributed by atoms with Gasteiger partial charge < -0.3 is 15.5 Å². The van der Waals surface area contributed by atoms with Crippen LogP contribution in [0.1, 0.15) is 322 Å². The van der Waals surface area contributed by atoms with Crippen LogP contribution < -0.4 is 5.32 Å². The fourth-order valence-electron chi connectivity index (χ4n) is 9.08. The Balaban J connectivity index is 3.41. The van der Waals surface area contributed by atoms with Crippen LogP contribution in [0.15, 0.2) is 24.3 Å². The third-order valence-electron chi connectivity index (χ3n) is 13.4. The molecule has 368 valence electrons. The van der Waals surface area contributed by atoms with Gasteiger partial charge in [0.05, 0.1) is 18.8 Å². The molecule has 0 spiro atoms. The minimum absolute atomic E-state index is 0.0673. The summed E-state index contributed by atoms with van der Waals surface area (Å²) in [4.78, 5) is 12.4. The highest BCUT2D eigenvalue weighted by Crippen LogP contribution is 2.18. The Hall–Kier alpha value is -1.13. The lowest BCUT2D eigenvalue weighted by Gasteiger charge is -2.19. The molecule has 0 rings (SSSR count). The summed E-state index contributed by atoms with van der Waals surface area (Å²) >= 11 is 0.